The molecule has 0 saturated heterocycles. The Balaban J connectivity index is 2.68. The first kappa shape index (κ1) is 10.6. The Morgan fingerprint density at radius 2 is 2.27 bits per heavy atom. The van der Waals surface area contributed by atoms with Crippen molar-refractivity contribution in [2.75, 3.05) is 0 Å². The van der Waals surface area contributed by atoms with E-state index in [4.69, 9.17) is 0 Å². The summed E-state index contributed by atoms with van der Waals surface area (Å²) in [5.41, 5.74) is 0.823. The van der Waals surface area contributed by atoms with Crippen molar-refractivity contribution >= 4 is 43.3 Å². The molecule has 1 heterocycles. The summed E-state index contributed by atoms with van der Waals surface area (Å²) in [5.74, 6) is -0.0141. The van der Waals surface area contributed by atoms with Crippen molar-refractivity contribution in [3.63, 3.8) is 0 Å². The minimum atomic E-state index is -0.0849. The highest BCUT2D eigenvalue weighted by Gasteiger charge is 2.08. The smallest absolute Gasteiger partial charge is 0.298 e. The van der Waals surface area contributed by atoms with Gasteiger partial charge in [-0.25, -0.2) is 0 Å². The van der Waals surface area contributed by atoms with Crippen molar-refractivity contribution in [1.82, 2.24) is 4.57 Å². The van der Waals surface area contributed by atoms with Crippen LogP contribution in [0.2, 0.25) is 0 Å². The zero-order valence-corrected chi connectivity index (χ0v) is 10.4. The van der Waals surface area contributed by atoms with Crippen molar-refractivity contribution in [1.29, 1.82) is 0 Å². The second-order valence-electron chi connectivity index (χ2n) is 3.27. The molecule has 0 unspecified atom stereocenters. The largest absolute Gasteiger partial charge is 0.308 e. The van der Waals surface area contributed by atoms with Gasteiger partial charge in [0.15, 0.2) is 0 Å². The number of benzene rings is 1. The van der Waals surface area contributed by atoms with E-state index in [1.165, 1.54) is 11.5 Å². The number of carbonyl (C=O) groups excluding carboxylic acids is 1. The molecule has 15 heavy (non-hydrogen) atoms. The molecule has 0 aliphatic carbocycles. The first-order valence-electron chi connectivity index (χ1n) is 4.36. The number of ketones is 1. The van der Waals surface area contributed by atoms with Gasteiger partial charge in [-0.15, -0.1) is 0 Å². The predicted molar refractivity (Wildman–Crippen MR) is 64.5 cm³/mol. The number of nitrogens with zero attached hydrogens (tertiary/aromatic N) is 1. The Hall–Kier alpha value is -0.940. The highest BCUT2D eigenvalue weighted by atomic mass is 79.9. The molecule has 1 aromatic heterocycles. The van der Waals surface area contributed by atoms with E-state index in [0.29, 0.717) is 0 Å². The van der Waals surface area contributed by atoms with Gasteiger partial charge in [-0.05, 0) is 25.1 Å². The molecular formula is C10H8BrNO2S. The summed E-state index contributed by atoms with van der Waals surface area (Å²) >= 11 is 4.51. The number of hydrogen-bond donors (Lipinski definition) is 0. The summed E-state index contributed by atoms with van der Waals surface area (Å²) < 4.78 is 3.34. The summed E-state index contributed by atoms with van der Waals surface area (Å²) in [4.78, 5) is 22.5. The van der Waals surface area contributed by atoms with Gasteiger partial charge in [0.25, 0.3) is 0 Å². The van der Waals surface area contributed by atoms with Gasteiger partial charge in [0, 0.05) is 4.47 Å². The molecule has 0 aliphatic rings. The molecule has 5 heteroatoms. The average molecular weight is 286 g/mol. The SMILES string of the molecule is CC(=O)Cn1c(=O)sc2cc(Br)ccc21. The van der Waals surface area contributed by atoms with Crippen LogP contribution < -0.4 is 4.87 Å². The van der Waals surface area contributed by atoms with Crippen LogP contribution in [0, 0.1) is 0 Å². The van der Waals surface area contributed by atoms with Crippen LogP contribution in [-0.2, 0) is 11.3 Å². The highest BCUT2D eigenvalue weighted by molar-refractivity contribution is 9.10. The van der Waals surface area contributed by atoms with Crippen LogP contribution in [0.3, 0.4) is 0 Å². The molecule has 78 valence electrons. The van der Waals surface area contributed by atoms with Crippen molar-refractivity contribution in [3.05, 3.63) is 32.3 Å². The number of halogens is 1. The number of Topliss-reactive ketones (excluding diaryl/α,β-unsaturated/α-hetero) is 1. The standard InChI is InChI=1S/C10H8BrNO2S/c1-6(13)5-12-8-3-2-7(11)4-9(8)15-10(12)14/h2-4H,5H2,1H3. The summed E-state index contributed by atoms with van der Waals surface area (Å²) in [7, 11) is 0. The molecule has 0 atom stereocenters. The Bertz CT molecular complexity index is 585. The highest BCUT2D eigenvalue weighted by Crippen LogP contribution is 2.21. The Morgan fingerprint density at radius 1 is 1.53 bits per heavy atom. The van der Waals surface area contributed by atoms with Crippen molar-refractivity contribution < 1.29 is 4.79 Å². The third kappa shape index (κ3) is 2.03. The number of fused-ring (bicyclic) bond motifs is 1. The molecule has 0 radical (unpaired) electrons. The van der Waals surface area contributed by atoms with Gasteiger partial charge in [-0.2, -0.15) is 0 Å². The monoisotopic (exact) mass is 285 g/mol. The van der Waals surface area contributed by atoms with Crippen LogP contribution in [0.5, 0.6) is 0 Å². The van der Waals surface area contributed by atoms with Gasteiger partial charge in [0.2, 0.25) is 0 Å². The van der Waals surface area contributed by atoms with Gasteiger partial charge in [0.1, 0.15) is 5.78 Å². The van der Waals surface area contributed by atoms with Gasteiger partial charge < -0.3 is 0 Å². The van der Waals surface area contributed by atoms with Crippen LogP contribution >= 0.6 is 27.3 Å². The summed E-state index contributed by atoms with van der Waals surface area (Å²) in [6, 6.07) is 5.60. The van der Waals surface area contributed by atoms with Gasteiger partial charge in [-0.1, -0.05) is 27.3 Å². The van der Waals surface area contributed by atoms with E-state index in [-0.39, 0.29) is 17.2 Å². The van der Waals surface area contributed by atoms with E-state index >= 15 is 0 Å². The number of hydrogen-bond acceptors (Lipinski definition) is 3. The molecule has 1 aromatic carbocycles. The van der Waals surface area contributed by atoms with E-state index in [9.17, 15) is 9.59 Å². The summed E-state index contributed by atoms with van der Waals surface area (Å²) in [6.45, 7) is 1.63. The van der Waals surface area contributed by atoms with Gasteiger partial charge in [0.05, 0.1) is 16.8 Å². The van der Waals surface area contributed by atoms with Gasteiger partial charge in [-0.3, -0.25) is 14.2 Å². The molecule has 0 amide bonds. The molecule has 0 spiro atoms. The van der Waals surface area contributed by atoms with Crippen molar-refractivity contribution in [2.45, 2.75) is 13.5 Å². The number of thiazole rings is 1. The van der Waals surface area contributed by atoms with Crippen LogP contribution in [0.4, 0.5) is 0 Å². The van der Waals surface area contributed by atoms with Crippen LogP contribution in [0.15, 0.2) is 27.5 Å². The lowest BCUT2D eigenvalue weighted by atomic mass is 10.3. The second kappa shape index (κ2) is 3.90. The lowest BCUT2D eigenvalue weighted by Crippen LogP contribution is -2.17. The van der Waals surface area contributed by atoms with Crippen LogP contribution in [-0.4, -0.2) is 10.4 Å². The van der Waals surface area contributed by atoms with E-state index in [1.54, 1.807) is 0 Å². The lowest BCUT2D eigenvalue weighted by Gasteiger charge is -1.99. The first-order valence-corrected chi connectivity index (χ1v) is 5.97. The van der Waals surface area contributed by atoms with E-state index in [2.05, 4.69) is 15.9 Å². The molecule has 0 aliphatic heterocycles. The third-order valence-corrected chi connectivity index (χ3v) is 3.45. The number of rotatable bonds is 2. The predicted octanol–water partition coefficient (Wildman–Crippen LogP) is 2.41. The maximum atomic E-state index is 11.6. The molecule has 2 rings (SSSR count). The Kier molecular flexibility index (Phi) is 2.75. The minimum absolute atomic E-state index is 0.0141. The fourth-order valence-electron chi connectivity index (χ4n) is 1.41. The van der Waals surface area contributed by atoms with Crippen molar-refractivity contribution in [3.8, 4) is 0 Å². The molecule has 0 fully saturated rings. The van der Waals surface area contributed by atoms with E-state index < -0.39 is 0 Å². The topological polar surface area (TPSA) is 39.1 Å². The minimum Gasteiger partial charge on any atom is -0.298 e. The average Bonchev–Trinajstić information content (AvgIpc) is 2.41. The summed E-state index contributed by atoms with van der Waals surface area (Å²) in [6.07, 6.45) is 0. The molecule has 2 aromatic rings. The number of carbonyl (C=O) groups is 1. The Morgan fingerprint density at radius 3 is 2.93 bits per heavy atom. The van der Waals surface area contributed by atoms with Crippen molar-refractivity contribution in [2.24, 2.45) is 0 Å². The van der Waals surface area contributed by atoms with E-state index in [0.717, 1.165) is 26.0 Å². The second-order valence-corrected chi connectivity index (χ2v) is 5.18. The number of aromatic nitrogens is 1. The fraction of sp³-hybridized carbons (Fsp3) is 0.200. The zero-order valence-electron chi connectivity index (χ0n) is 7.99. The first-order chi connectivity index (χ1) is 7.08. The molecule has 3 nitrogen and oxygen atoms in total. The third-order valence-electron chi connectivity index (χ3n) is 2.01. The fourth-order valence-corrected chi connectivity index (χ4v) is 2.86. The lowest BCUT2D eigenvalue weighted by molar-refractivity contribution is -0.117. The maximum absolute atomic E-state index is 11.6. The van der Waals surface area contributed by atoms with Gasteiger partial charge >= 0.3 is 4.87 Å². The quantitative estimate of drug-likeness (QED) is 0.850. The van der Waals surface area contributed by atoms with Crippen LogP contribution in [0.1, 0.15) is 6.92 Å². The molecular weight excluding hydrogens is 278 g/mol. The maximum Gasteiger partial charge on any atom is 0.308 e. The zero-order chi connectivity index (χ0) is 11.0. The molecule has 0 N–H and O–H groups in total. The van der Waals surface area contributed by atoms with E-state index in [1.807, 2.05) is 18.2 Å². The molecule has 0 bridgehead atoms. The Labute approximate surface area is 98.5 Å². The normalized spacial score (nSPS) is 10.8. The molecule has 0 saturated carbocycles. The van der Waals surface area contributed by atoms with Crippen LogP contribution in [0.25, 0.3) is 10.2 Å². The summed E-state index contributed by atoms with van der Waals surface area (Å²) in [5, 5.41) is 0.